The highest BCUT2D eigenvalue weighted by atomic mass is 35.5. The lowest BCUT2D eigenvalue weighted by molar-refractivity contribution is 0.112. The van der Waals surface area contributed by atoms with Crippen LogP contribution in [0.25, 0.3) is 10.1 Å². The van der Waals surface area contributed by atoms with Crippen molar-refractivity contribution < 1.29 is 9.18 Å². The highest BCUT2D eigenvalue weighted by Crippen LogP contribution is 2.32. The minimum Gasteiger partial charge on any atom is -0.298 e. The standard InChI is InChI=1S/C9H4ClFOS/c10-7-4-13-8-2-6(11)1-5(3-12)9(7)8/h1-4H. The summed E-state index contributed by atoms with van der Waals surface area (Å²) in [6, 6.07) is 2.56. The Balaban J connectivity index is 2.92. The van der Waals surface area contributed by atoms with Gasteiger partial charge in [0, 0.05) is 21.0 Å². The predicted octanol–water partition coefficient (Wildman–Crippen LogP) is 3.51. The first kappa shape index (κ1) is 8.66. The SMILES string of the molecule is O=Cc1cc(F)cc2scc(Cl)c12. The summed E-state index contributed by atoms with van der Waals surface area (Å²) in [5.41, 5.74) is 0.307. The Hall–Kier alpha value is -0.930. The minimum absolute atomic E-state index is 0.307. The molecule has 0 aliphatic carbocycles. The van der Waals surface area contributed by atoms with E-state index in [0.29, 0.717) is 27.0 Å². The van der Waals surface area contributed by atoms with Crippen molar-refractivity contribution in [1.82, 2.24) is 0 Å². The van der Waals surface area contributed by atoms with Gasteiger partial charge in [-0.25, -0.2) is 4.39 Å². The van der Waals surface area contributed by atoms with Crippen molar-refractivity contribution in [2.75, 3.05) is 0 Å². The van der Waals surface area contributed by atoms with Gasteiger partial charge in [-0.15, -0.1) is 11.3 Å². The number of carbonyl (C=O) groups is 1. The molecular weight excluding hydrogens is 211 g/mol. The van der Waals surface area contributed by atoms with Crippen LogP contribution < -0.4 is 0 Å². The largest absolute Gasteiger partial charge is 0.298 e. The third kappa shape index (κ3) is 1.34. The molecule has 2 aromatic rings. The van der Waals surface area contributed by atoms with E-state index in [1.165, 1.54) is 23.5 Å². The highest BCUT2D eigenvalue weighted by molar-refractivity contribution is 7.17. The number of hydrogen-bond donors (Lipinski definition) is 0. The Labute approximate surface area is 82.7 Å². The Kier molecular flexibility index (Phi) is 2.06. The summed E-state index contributed by atoms with van der Waals surface area (Å²) in [6.07, 6.45) is 0.615. The van der Waals surface area contributed by atoms with E-state index in [9.17, 15) is 9.18 Å². The molecule has 4 heteroatoms. The van der Waals surface area contributed by atoms with Gasteiger partial charge in [0.15, 0.2) is 6.29 Å². The molecule has 0 unspecified atom stereocenters. The number of thiophene rings is 1. The molecule has 0 saturated heterocycles. The topological polar surface area (TPSA) is 17.1 Å². The minimum atomic E-state index is -0.409. The van der Waals surface area contributed by atoms with Gasteiger partial charge in [-0.05, 0) is 12.1 Å². The van der Waals surface area contributed by atoms with Crippen LogP contribution in [0.1, 0.15) is 10.4 Å². The second-order valence-electron chi connectivity index (χ2n) is 2.57. The molecule has 0 radical (unpaired) electrons. The van der Waals surface area contributed by atoms with Gasteiger partial charge in [-0.2, -0.15) is 0 Å². The first-order valence-corrected chi connectivity index (χ1v) is 4.79. The molecule has 2 rings (SSSR count). The molecule has 0 aliphatic heterocycles. The second-order valence-corrected chi connectivity index (χ2v) is 3.89. The number of carbonyl (C=O) groups excluding carboxylic acids is 1. The Bertz CT molecular complexity index is 478. The molecular formula is C9H4ClFOS. The summed E-state index contributed by atoms with van der Waals surface area (Å²) in [4.78, 5) is 10.6. The summed E-state index contributed by atoms with van der Waals surface area (Å²) in [6.45, 7) is 0. The molecule has 1 aromatic heterocycles. The van der Waals surface area contributed by atoms with Crippen LogP contribution in [0.3, 0.4) is 0 Å². The van der Waals surface area contributed by atoms with Crippen LogP contribution in [-0.2, 0) is 0 Å². The van der Waals surface area contributed by atoms with Crippen molar-refractivity contribution in [3.63, 3.8) is 0 Å². The van der Waals surface area contributed by atoms with Crippen molar-refractivity contribution in [1.29, 1.82) is 0 Å². The summed E-state index contributed by atoms with van der Waals surface area (Å²) < 4.78 is 13.6. The lowest BCUT2D eigenvalue weighted by Crippen LogP contribution is -1.83. The number of fused-ring (bicyclic) bond motifs is 1. The van der Waals surface area contributed by atoms with Crippen molar-refractivity contribution in [2.24, 2.45) is 0 Å². The average Bonchev–Trinajstić information content (AvgIpc) is 2.46. The van der Waals surface area contributed by atoms with E-state index in [1.54, 1.807) is 5.38 Å². The maximum atomic E-state index is 12.9. The van der Waals surface area contributed by atoms with E-state index in [-0.39, 0.29) is 0 Å². The third-order valence-corrected chi connectivity index (χ3v) is 3.11. The number of rotatable bonds is 1. The predicted molar refractivity (Wildman–Crippen MR) is 52.2 cm³/mol. The fourth-order valence-electron chi connectivity index (χ4n) is 1.22. The number of aldehydes is 1. The van der Waals surface area contributed by atoms with E-state index >= 15 is 0 Å². The van der Waals surface area contributed by atoms with Crippen LogP contribution in [-0.4, -0.2) is 6.29 Å². The lowest BCUT2D eigenvalue weighted by Gasteiger charge is -1.95. The van der Waals surface area contributed by atoms with E-state index in [2.05, 4.69) is 0 Å². The number of halogens is 2. The van der Waals surface area contributed by atoms with Crippen molar-refractivity contribution in [2.45, 2.75) is 0 Å². The number of hydrogen-bond acceptors (Lipinski definition) is 2. The van der Waals surface area contributed by atoms with Crippen molar-refractivity contribution >= 4 is 39.3 Å². The van der Waals surface area contributed by atoms with Gasteiger partial charge in [-0.3, -0.25) is 4.79 Å². The summed E-state index contributed by atoms with van der Waals surface area (Å²) >= 11 is 7.16. The molecule has 0 fully saturated rings. The molecule has 0 N–H and O–H groups in total. The van der Waals surface area contributed by atoms with Gasteiger partial charge < -0.3 is 0 Å². The van der Waals surface area contributed by atoms with Gasteiger partial charge in [0.05, 0.1) is 5.02 Å². The van der Waals surface area contributed by atoms with Crippen molar-refractivity contribution in [3.05, 3.63) is 33.9 Å². The third-order valence-electron chi connectivity index (χ3n) is 1.75. The molecule has 0 spiro atoms. The molecule has 0 amide bonds. The zero-order chi connectivity index (χ0) is 9.42. The van der Waals surface area contributed by atoms with Gasteiger partial charge in [0.2, 0.25) is 0 Å². The molecule has 0 aliphatic rings. The first-order chi connectivity index (χ1) is 6.22. The molecule has 1 heterocycles. The monoisotopic (exact) mass is 214 g/mol. The molecule has 0 bridgehead atoms. The van der Waals surface area contributed by atoms with E-state index in [1.807, 2.05) is 0 Å². The molecule has 66 valence electrons. The normalized spacial score (nSPS) is 10.6. The number of benzene rings is 1. The van der Waals surface area contributed by atoms with E-state index < -0.39 is 5.82 Å². The molecule has 1 nitrogen and oxygen atoms in total. The molecule has 0 saturated carbocycles. The second kappa shape index (κ2) is 3.09. The van der Waals surface area contributed by atoms with Crippen molar-refractivity contribution in [3.8, 4) is 0 Å². The van der Waals surface area contributed by atoms with Gasteiger partial charge in [0.25, 0.3) is 0 Å². The van der Waals surface area contributed by atoms with Crippen LogP contribution in [0, 0.1) is 5.82 Å². The first-order valence-electron chi connectivity index (χ1n) is 3.54. The van der Waals surface area contributed by atoms with Crippen LogP contribution in [0.5, 0.6) is 0 Å². The van der Waals surface area contributed by atoms with Crippen LogP contribution in [0.4, 0.5) is 4.39 Å². The van der Waals surface area contributed by atoms with Gasteiger partial charge in [0.1, 0.15) is 5.82 Å². The fourth-order valence-corrected chi connectivity index (χ4v) is 2.49. The summed E-state index contributed by atoms with van der Waals surface area (Å²) in [7, 11) is 0. The van der Waals surface area contributed by atoms with Gasteiger partial charge in [-0.1, -0.05) is 11.6 Å². The van der Waals surface area contributed by atoms with E-state index in [0.717, 1.165) is 0 Å². The Morgan fingerprint density at radius 2 is 2.23 bits per heavy atom. The quantitative estimate of drug-likeness (QED) is 0.664. The highest BCUT2D eigenvalue weighted by Gasteiger charge is 2.08. The summed E-state index contributed by atoms with van der Waals surface area (Å²) in [5.74, 6) is -0.409. The van der Waals surface area contributed by atoms with E-state index in [4.69, 9.17) is 11.6 Å². The van der Waals surface area contributed by atoms with Crippen LogP contribution in [0.2, 0.25) is 5.02 Å². The van der Waals surface area contributed by atoms with Crippen LogP contribution in [0.15, 0.2) is 17.5 Å². The molecule has 1 aromatic carbocycles. The Morgan fingerprint density at radius 1 is 1.46 bits per heavy atom. The maximum Gasteiger partial charge on any atom is 0.150 e. The molecule has 13 heavy (non-hydrogen) atoms. The maximum absolute atomic E-state index is 12.9. The zero-order valence-corrected chi connectivity index (χ0v) is 7.95. The zero-order valence-electron chi connectivity index (χ0n) is 6.38. The molecule has 0 atom stereocenters. The fraction of sp³-hybridized carbons (Fsp3) is 0. The lowest BCUT2D eigenvalue weighted by atomic mass is 10.1. The Morgan fingerprint density at radius 3 is 2.92 bits per heavy atom. The smallest absolute Gasteiger partial charge is 0.150 e. The average molecular weight is 215 g/mol. The summed E-state index contributed by atoms with van der Waals surface area (Å²) in [5, 5.41) is 2.84. The van der Waals surface area contributed by atoms with Crippen LogP contribution >= 0.6 is 22.9 Å². The van der Waals surface area contributed by atoms with Gasteiger partial charge >= 0.3 is 0 Å².